The van der Waals surface area contributed by atoms with Crippen LogP contribution in [0.15, 0.2) is 30.3 Å². The maximum absolute atomic E-state index is 12.1. The van der Waals surface area contributed by atoms with E-state index in [0.29, 0.717) is 27.9 Å². The highest BCUT2D eigenvalue weighted by Crippen LogP contribution is 2.22. The fraction of sp³-hybridized carbons (Fsp3) is 0.312. The van der Waals surface area contributed by atoms with E-state index in [1.165, 1.54) is 11.3 Å². The molecule has 0 unspecified atom stereocenters. The molecule has 0 aliphatic heterocycles. The molecule has 0 radical (unpaired) electrons. The minimum Gasteiger partial charge on any atom is -0.351 e. The van der Waals surface area contributed by atoms with Gasteiger partial charge in [-0.2, -0.15) is 0 Å². The lowest BCUT2D eigenvalue weighted by atomic mass is 10.3. The summed E-state index contributed by atoms with van der Waals surface area (Å²) in [5, 5.41) is 8.61. The van der Waals surface area contributed by atoms with Crippen LogP contribution in [0.5, 0.6) is 0 Å². The predicted molar refractivity (Wildman–Crippen MR) is 93.2 cm³/mol. The van der Waals surface area contributed by atoms with E-state index >= 15 is 0 Å². The lowest BCUT2D eigenvalue weighted by molar-refractivity contribution is 0.0956. The number of anilines is 2. The molecule has 2 aromatic rings. The molecule has 1 heterocycles. The standard InChI is InChI=1S/C16H20N4O2S/c1-3-4-10-17-14(21)13-11(2)18-16(23-13)20-15(22)19-12-8-6-5-7-9-12/h5-9H,3-4,10H2,1-2H3,(H,17,21)(H2,18,19,20,22). The van der Waals surface area contributed by atoms with Crippen LogP contribution in [0.25, 0.3) is 0 Å². The SMILES string of the molecule is CCCCNC(=O)c1sc(NC(=O)Nc2ccccc2)nc1C. The van der Waals surface area contributed by atoms with Crippen molar-refractivity contribution in [1.82, 2.24) is 10.3 Å². The van der Waals surface area contributed by atoms with Crippen LogP contribution >= 0.6 is 11.3 Å². The Morgan fingerprint density at radius 2 is 1.91 bits per heavy atom. The fourth-order valence-corrected chi connectivity index (χ4v) is 2.78. The Morgan fingerprint density at radius 3 is 2.61 bits per heavy atom. The summed E-state index contributed by atoms with van der Waals surface area (Å²) in [6.07, 6.45) is 1.96. The van der Waals surface area contributed by atoms with E-state index in [1.54, 1.807) is 19.1 Å². The quantitative estimate of drug-likeness (QED) is 0.706. The highest BCUT2D eigenvalue weighted by molar-refractivity contribution is 7.17. The van der Waals surface area contributed by atoms with Crippen molar-refractivity contribution >= 4 is 34.1 Å². The van der Waals surface area contributed by atoms with E-state index in [1.807, 2.05) is 18.2 Å². The number of hydrogen-bond donors (Lipinski definition) is 3. The van der Waals surface area contributed by atoms with Gasteiger partial charge < -0.3 is 10.6 Å². The molecule has 0 spiro atoms. The molecule has 3 N–H and O–H groups in total. The highest BCUT2D eigenvalue weighted by Gasteiger charge is 2.16. The molecule has 122 valence electrons. The number of benzene rings is 1. The summed E-state index contributed by atoms with van der Waals surface area (Å²) in [6, 6.07) is 8.74. The zero-order valence-electron chi connectivity index (χ0n) is 13.2. The second kappa shape index (κ2) is 8.28. The smallest absolute Gasteiger partial charge is 0.325 e. The average molecular weight is 332 g/mol. The summed E-state index contributed by atoms with van der Waals surface area (Å²) in [7, 11) is 0. The molecule has 2 rings (SSSR count). The number of carbonyl (C=O) groups is 2. The number of thiazole rings is 1. The molecule has 1 aromatic carbocycles. The van der Waals surface area contributed by atoms with Gasteiger partial charge in [-0.05, 0) is 25.5 Å². The number of nitrogens with one attached hydrogen (secondary N) is 3. The minimum atomic E-state index is -0.386. The normalized spacial score (nSPS) is 10.2. The molecule has 6 nitrogen and oxygen atoms in total. The van der Waals surface area contributed by atoms with Crippen LogP contribution in [-0.2, 0) is 0 Å². The fourth-order valence-electron chi connectivity index (χ4n) is 1.90. The number of amides is 3. The van der Waals surface area contributed by atoms with Crippen molar-refractivity contribution in [2.75, 3.05) is 17.2 Å². The van der Waals surface area contributed by atoms with Gasteiger partial charge in [0.15, 0.2) is 5.13 Å². The molecule has 3 amide bonds. The van der Waals surface area contributed by atoms with Gasteiger partial charge in [0.2, 0.25) is 0 Å². The number of hydrogen-bond acceptors (Lipinski definition) is 4. The summed E-state index contributed by atoms with van der Waals surface area (Å²) >= 11 is 1.17. The van der Waals surface area contributed by atoms with Gasteiger partial charge in [0.05, 0.1) is 5.69 Å². The third-order valence-electron chi connectivity index (χ3n) is 3.07. The summed E-state index contributed by atoms with van der Waals surface area (Å²) < 4.78 is 0. The van der Waals surface area contributed by atoms with E-state index in [9.17, 15) is 9.59 Å². The van der Waals surface area contributed by atoms with Crippen LogP contribution in [0.4, 0.5) is 15.6 Å². The molecule has 0 fully saturated rings. The van der Waals surface area contributed by atoms with Gasteiger partial charge >= 0.3 is 6.03 Å². The van der Waals surface area contributed by atoms with Crippen LogP contribution in [0.2, 0.25) is 0 Å². The number of rotatable bonds is 6. The molecule has 0 saturated heterocycles. The number of nitrogens with zero attached hydrogens (tertiary/aromatic N) is 1. The van der Waals surface area contributed by atoms with Crippen molar-refractivity contribution in [2.24, 2.45) is 0 Å². The van der Waals surface area contributed by atoms with Crippen molar-refractivity contribution in [1.29, 1.82) is 0 Å². The van der Waals surface area contributed by atoms with E-state index in [2.05, 4.69) is 27.9 Å². The number of urea groups is 1. The third-order valence-corrected chi connectivity index (χ3v) is 4.14. The Bertz CT molecular complexity index is 670. The third kappa shape index (κ3) is 5.07. The molecule has 0 aliphatic carbocycles. The predicted octanol–water partition coefficient (Wildman–Crippen LogP) is 3.63. The van der Waals surface area contributed by atoms with E-state index in [4.69, 9.17) is 0 Å². The second-order valence-electron chi connectivity index (χ2n) is 4.99. The Kier molecular flexibility index (Phi) is 6.10. The zero-order valence-corrected chi connectivity index (χ0v) is 14.0. The molecule has 0 saturated carbocycles. The first-order valence-corrected chi connectivity index (χ1v) is 8.30. The maximum Gasteiger partial charge on any atom is 0.325 e. The Balaban J connectivity index is 1.95. The summed E-state index contributed by atoms with van der Waals surface area (Å²) in [5.41, 5.74) is 1.30. The minimum absolute atomic E-state index is 0.148. The molecule has 23 heavy (non-hydrogen) atoms. The molecular formula is C16H20N4O2S. The van der Waals surface area contributed by atoms with Gasteiger partial charge in [0.25, 0.3) is 5.91 Å². The maximum atomic E-state index is 12.1. The van der Waals surface area contributed by atoms with Crippen LogP contribution in [0, 0.1) is 6.92 Å². The number of para-hydroxylation sites is 1. The van der Waals surface area contributed by atoms with Crippen LogP contribution in [0.1, 0.15) is 35.1 Å². The number of carbonyl (C=O) groups excluding carboxylic acids is 2. The number of aryl methyl sites for hydroxylation is 1. The molecule has 0 bridgehead atoms. The lowest BCUT2D eigenvalue weighted by Crippen LogP contribution is -2.24. The molecule has 0 atom stereocenters. The van der Waals surface area contributed by atoms with Crippen molar-refractivity contribution in [3.63, 3.8) is 0 Å². The highest BCUT2D eigenvalue weighted by atomic mass is 32.1. The van der Waals surface area contributed by atoms with Crippen molar-refractivity contribution in [3.05, 3.63) is 40.9 Å². The number of unbranched alkanes of at least 4 members (excludes halogenated alkanes) is 1. The first kappa shape index (κ1) is 17.0. The van der Waals surface area contributed by atoms with Crippen molar-refractivity contribution < 1.29 is 9.59 Å². The topological polar surface area (TPSA) is 83.1 Å². The van der Waals surface area contributed by atoms with Gasteiger partial charge in [0, 0.05) is 12.2 Å². The average Bonchev–Trinajstić information content (AvgIpc) is 2.88. The lowest BCUT2D eigenvalue weighted by Gasteiger charge is -2.04. The first-order chi connectivity index (χ1) is 11.1. The van der Waals surface area contributed by atoms with E-state index in [0.717, 1.165) is 12.8 Å². The molecule has 1 aromatic heterocycles. The molecule has 7 heteroatoms. The molecule has 0 aliphatic rings. The molecular weight excluding hydrogens is 312 g/mol. The Morgan fingerprint density at radius 1 is 1.17 bits per heavy atom. The van der Waals surface area contributed by atoms with Gasteiger partial charge in [-0.15, -0.1) is 0 Å². The van der Waals surface area contributed by atoms with Crippen LogP contribution in [-0.4, -0.2) is 23.5 Å². The monoisotopic (exact) mass is 332 g/mol. The van der Waals surface area contributed by atoms with E-state index < -0.39 is 0 Å². The van der Waals surface area contributed by atoms with Crippen LogP contribution < -0.4 is 16.0 Å². The largest absolute Gasteiger partial charge is 0.351 e. The second-order valence-corrected chi connectivity index (χ2v) is 5.99. The van der Waals surface area contributed by atoms with E-state index in [-0.39, 0.29) is 11.9 Å². The van der Waals surface area contributed by atoms with Gasteiger partial charge in [-0.1, -0.05) is 42.9 Å². The first-order valence-electron chi connectivity index (χ1n) is 7.49. The van der Waals surface area contributed by atoms with Gasteiger partial charge in [0.1, 0.15) is 4.88 Å². The number of aromatic nitrogens is 1. The van der Waals surface area contributed by atoms with Crippen molar-refractivity contribution in [2.45, 2.75) is 26.7 Å². The Hall–Kier alpha value is -2.41. The summed E-state index contributed by atoms with van der Waals surface area (Å²) in [5.74, 6) is -0.148. The van der Waals surface area contributed by atoms with Crippen molar-refractivity contribution in [3.8, 4) is 0 Å². The Labute approximate surface area is 139 Å². The summed E-state index contributed by atoms with van der Waals surface area (Å²) in [4.78, 5) is 28.7. The zero-order chi connectivity index (χ0) is 16.7. The van der Waals surface area contributed by atoms with Gasteiger partial charge in [-0.3, -0.25) is 10.1 Å². The summed E-state index contributed by atoms with van der Waals surface area (Å²) in [6.45, 7) is 4.47. The van der Waals surface area contributed by atoms with Crippen LogP contribution in [0.3, 0.4) is 0 Å². The van der Waals surface area contributed by atoms with Gasteiger partial charge in [-0.25, -0.2) is 9.78 Å².